The van der Waals surface area contributed by atoms with Gasteiger partial charge in [-0.05, 0) is 30.3 Å². The molecule has 1 aromatic heterocycles. The van der Waals surface area contributed by atoms with Crippen LogP contribution in [0.1, 0.15) is 24.0 Å². The second-order valence-corrected chi connectivity index (χ2v) is 4.52. The van der Waals surface area contributed by atoms with Crippen LogP contribution in [0.4, 0.5) is 18.9 Å². The quantitative estimate of drug-likeness (QED) is 0.844. The van der Waals surface area contributed by atoms with Crippen molar-refractivity contribution in [2.45, 2.75) is 19.5 Å². The summed E-state index contributed by atoms with van der Waals surface area (Å²) in [5, 5.41) is 2.22. The smallest absolute Gasteiger partial charge is 0.418 e. The first kappa shape index (κ1) is 15.9. The molecular formula is C16H14F3NO2. The van der Waals surface area contributed by atoms with Gasteiger partial charge < -0.3 is 9.73 Å². The third-order valence-electron chi connectivity index (χ3n) is 2.92. The van der Waals surface area contributed by atoms with E-state index in [1.807, 2.05) is 6.92 Å². The Morgan fingerprint density at radius 3 is 2.59 bits per heavy atom. The maximum Gasteiger partial charge on any atom is 0.418 e. The molecule has 0 radical (unpaired) electrons. The van der Waals surface area contributed by atoms with Crippen LogP contribution in [-0.4, -0.2) is 5.91 Å². The van der Waals surface area contributed by atoms with E-state index in [4.69, 9.17) is 4.42 Å². The molecule has 0 unspecified atom stereocenters. The second-order valence-electron chi connectivity index (χ2n) is 4.52. The van der Waals surface area contributed by atoms with E-state index in [1.165, 1.54) is 24.3 Å². The Morgan fingerprint density at radius 2 is 1.95 bits per heavy atom. The first-order chi connectivity index (χ1) is 10.4. The highest BCUT2D eigenvalue weighted by atomic mass is 19.4. The molecule has 6 heteroatoms. The number of halogens is 3. The number of amides is 1. The van der Waals surface area contributed by atoms with Crippen LogP contribution in [0.15, 0.2) is 46.9 Å². The van der Waals surface area contributed by atoms with Gasteiger partial charge in [0.15, 0.2) is 0 Å². The van der Waals surface area contributed by atoms with Crippen LogP contribution in [0.3, 0.4) is 0 Å². The SMILES string of the molecule is CCc1ccc(C=CC(=O)Nc2ccccc2C(F)(F)F)o1. The Bertz CT molecular complexity index is 687. The summed E-state index contributed by atoms with van der Waals surface area (Å²) in [6.45, 7) is 1.92. The van der Waals surface area contributed by atoms with E-state index in [2.05, 4.69) is 5.32 Å². The van der Waals surface area contributed by atoms with Crippen molar-refractivity contribution >= 4 is 17.7 Å². The van der Waals surface area contributed by atoms with Gasteiger partial charge in [0.05, 0.1) is 11.3 Å². The first-order valence-electron chi connectivity index (χ1n) is 6.64. The summed E-state index contributed by atoms with van der Waals surface area (Å²) in [6.07, 6.45) is -1.26. The van der Waals surface area contributed by atoms with Gasteiger partial charge in [-0.2, -0.15) is 13.2 Å². The van der Waals surface area contributed by atoms with Crippen molar-refractivity contribution in [1.29, 1.82) is 0 Å². The molecule has 1 amide bonds. The standard InChI is InChI=1S/C16H14F3NO2/c1-2-11-7-8-12(22-11)9-10-15(21)20-14-6-4-3-5-13(14)16(17,18)19/h3-10H,2H2,1H3,(H,20,21). The Kier molecular flexibility index (Phi) is 4.70. The third kappa shape index (κ3) is 4.00. The highest BCUT2D eigenvalue weighted by Crippen LogP contribution is 2.34. The van der Waals surface area contributed by atoms with Gasteiger partial charge in [0.1, 0.15) is 11.5 Å². The van der Waals surface area contributed by atoms with Gasteiger partial charge in [-0.1, -0.05) is 19.1 Å². The van der Waals surface area contributed by atoms with Gasteiger partial charge in [-0.3, -0.25) is 4.79 Å². The average Bonchev–Trinajstić information content (AvgIpc) is 2.92. The van der Waals surface area contributed by atoms with Crippen molar-refractivity contribution in [2.24, 2.45) is 0 Å². The van der Waals surface area contributed by atoms with Crippen LogP contribution < -0.4 is 5.32 Å². The lowest BCUT2D eigenvalue weighted by Gasteiger charge is -2.12. The number of hydrogen-bond acceptors (Lipinski definition) is 2. The summed E-state index contributed by atoms with van der Waals surface area (Å²) >= 11 is 0. The van der Waals surface area contributed by atoms with Crippen LogP contribution in [-0.2, 0) is 17.4 Å². The lowest BCUT2D eigenvalue weighted by Crippen LogP contribution is -2.14. The summed E-state index contributed by atoms with van der Waals surface area (Å²) < 4.78 is 43.8. The Morgan fingerprint density at radius 1 is 1.23 bits per heavy atom. The molecule has 1 heterocycles. The van der Waals surface area contributed by atoms with E-state index in [1.54, 1.807) is 12.1 Å². The largest absolute Gasteiger partial charge is 0.462 e. The molecule has 0 saturated heterocycles. The van der Waals surface area contributed by atoms with Crippen LogP contribution in [0, 0.1) is 0 Å². The minimum absolute atomic E-state index is 0.279. The van der Waals surface area contributed by atoms with Crippen LogP contribution in [0.2, 0.25) is 0 Å². The van der Waals surface area contributed by atoms with Gasteiger partial charge in [-0.25, -0.2) is 0 Å². The number of alkyl halides is 3. The van der Waals surface area contributed by atoms with Gasteiger partial charge in [-0.15, -0.1) is 0 Å². The molecule has 0 atom stereocenters. The number of aryl methyl sites for hydroxylation is 1. The van der Waals surface area contributed by atoms with E-state index in [9.17, 15) is 18.0 Å². The number of hydrogen-bond donors (Lipinski definition) is 1. The fourth-order valence-corrected chi connectivity index (χ4v) is 1.85. The van der Waals surface area contributed by atoms with Gasteiger partial charge in [0.2, 0.25) is 5.91 Å². The fourth-order valence-electron chi connectivity index (χ4n) is 1.85. The molecule has 22 heavy (non-hydrogen) atoms. The van der Waals surface area contributed by atoms with Crippen molar-refractivity contribution in [2.75, 3.05) is 5.32 Å². The molecule has 1 N–H and O–H groups in total. The molecule has 0 fully saturated rings. The molecule has 3 nitrogen and oxygen atoms in total. The number of rotatable bonds is 4. The minimum Gasteiger partial charge on any atom is -0.462 e. The average molecular weight is 309 g/mol. The lowest BCUT2D eigenvalue weighted by molar-refractivity contribution is -0.136. The second kappa shape index (κ2) is 6.51. The van der Waals surface area contributed by atoms with E-state index >= 15 is 0 Å². The molecular weight excluding hydrogens is 295 g/mol. The van der Waals surface area contributed by atoms with Gasteiger partial charge in [0, 0.05) is 12.5 Å². The van der Waals surface area contributed by atoms with Crippen molar-refractivity contribution in [3.05, 3.63) is 59.6 Å². The molecule has 0 aliphatic heterocycles. The minimum atomic E-state index is -4.52. The number of nitrogens with one attached hydrogen (secondary N) is 1. The summed E-state index contributed by atoms with van der Waals surface area (Å²) in [4.78, 5) is 11.7. The van der Waals surface area contributed by atoms with E-state index in [0.717, 1.165) is 24.3 Å². The summed E-state index contributed by atoms with van der Waals surface area (Å²) in [6, 6.07) is 8.27. The fraction of sp³-hybridized carbons (Fsp3) is 0.188. The maximum atomic E-state index is 12.8. The van der Waals surface area contributed by atoms with Crippen molar-refractivity contribution < 1.29 is 22.4 Å². The predicted molar refractivity (Wildman–Crippen MR) is 77.2 cm³/mol. The van der Waals surface area contributed by atoms with Crippen molar-refractivity contribution in [1.82, 2.24) is 0 Å². The topological polar surface area (TPSA) is 42.2 Å². The maximum absolute atomic E-state index is 12.8. The zero-order chi connectivity index (χ0) is 16.2. The summed E-state index contributed by atoms with van der Waals surface area (Å²) in [5.41, 5.74) is -1.17. The number of anilines is 1. The van der Waals surface area contributed by atoms with Gasteiger partial charge >= 0.3 is 6.18 Å². The molecule has 0 spiro atoms. The number of furan rings is 1. The predicted octanol–water partition coefficient (Wildman–Crippen LogP) is 4.51. The molecule has 2 aromatic rings. The monoisotopic (exact) mass is 309 g/mol. The normalized spacial score (nSPS) is 11.8. The number of para-hydroxylation sites is 1. The Labute approximate surface area is 125 Å². The van der Waals surface area contributed by atoms with E-state index in [-0.39, 0.29) is 5.69 Å². The number of carbonyl (C=O) groups excluding carboxylic acids is 1. The molecule has 0 aliphatic rings. The van der Waals surface area contributed by atoms with E-state index in [0.29, 0.717) is 5.76 Å². The third-order valence-corrected chi connectivity index (χ3v) is 2.92. The molecule has 116 valence electrons. The Balaban J connectivity index is 2.09. The molecule has 0 saturated carbocycles. The van der Waals surface area contributed by atoms with Crippen molar-refractivity contribution in [3.63, 3.8) is 0 Å². The highest BCUT2D eigenvalue weighted by molar-refractivity contribution is 6.02. The lowest BCUT2D eigenvalue weighted by atomic mass is 10.1. The molecule has 0 aliphatic carbocycles. The molecule has 0 bridgehead atoms. The van der Waals surface area contributed by atoms with Crippen LogP contribution >= 0.6 is 0 Å². The number of carbonyl (C=O) groups is 1. The zero-order valence-electron chi connectivity index (χ0n) is 11.8. The molecule has 1 aromatic carbocycles. The zero-order valence-corrected chi connectivity index (χ0v) is 11.8. The first-order valence-corrected chi connectivity index (χ1v) is 6.64. The highest BCUT2D eigenvalue weighted by Gasteiger charge is 2.33. The Hall–Kier alpha value is -2.50. The number of benzene rings is 1. The molecule has 2 rings (SSSR count). The van der Waals surface area contributed by atoms with Crippen LogP contribution in [0.5, 0.6) is 0 Å². The van der Waals surface area contributed by atoms with Gasteiger partial charge in [0.25, 0.3) is 0 Å². The van der Waals surface area contributed by atoms with E-state index < -0.39 is 17.6 Å². The summed E-state index contributed by atoms with van der Waals surface area (Å²) in [7, 11) is 0. The summed E-state index contributed by atoms with van der Waals surface area (Å²) in [5.74, 6) is 0.574. The van der Waals surface area contributed by atoms with Crippen molar-refractivity contribution in [3.8, 4) is 0 Å². The van der Waals surface area contributed by atoms with Crippen LogP contribution in [0.25, 0.3) is 6.08 Å².